The van der Waals surface area contributed by atoms with Crippen LogP contribution in [0.4, 0.5) is 5.82 Å². The van der Waals surface area contributed by atoms with Crippen molar-refractivity contribution in [3.63, 3.8) is 0 Å². The Balaban J connectivity index is 1.46. The number of benzene rings is 1. The number of rotatable bonds is 7. The number of nitrogen functional groups attached to an aromatic ring is 1. The number of nitrogens with one attached hydrogen (secondary N) is 2. The highest BCUT2D eigenvalue weighted by Gasteiger charge is 2.24. The third kappa shape index (κ3) is 4.04. The van der Waals surface area contributed by atoms with Gasteiger partial charge in [0, 0.05) is 13.0 Å². The van der Waals surface area contributed by atoms with Crippen molar-refractivity contribution in [1.82, 2.24) is 19.9 Å². The second-order valence-corrected chi connectivity index (χ2v) is 8.02. The molecule has 4 heterocycles. The molecule has 1 amide bonds. The van der Waals surface area contributed by atoms with Gasteiger partial charge in [0.1, 0.15) is 35.7 Å². The van der Waals surface area contributed by atoms with Crippen LogP contribution in [0.25, 0.3) is 22.2 Å². The number of anilines is 1. The number of carbonyl (C=O) groups excluding carboxylic acids is 1. The quantitative estimate of drug-likeness (QED) is 0.399. The number of furan rings is 1. The van der Waals surface area contributed by atoms with Gasteiger partial charge in [-0.3, -0.25) is 4.79 Å². The SMILES string of the molecule is Nc1c(C(=O)NCc2ccco2)c2nc3ccccc3nc2n1CCC[NH+]1CCOCC1. The fourth-order valence-corrected chi connectivity index (χ4v) is 4.23. The Kier molecular flexibility index (Phi) is 5.74. The van der Waals surface area contributed by atoms with Crippen LogP contribution < -0.4 is 16.0 Å². The molecule has 0 aliphatic carbocycles. The van der Waals surface area contributed by atoms with E-state index in [-0.39, 0.29) is 12.5 Å². The Morgan fingerprint density at radius 1 is 1.12 bits per heavy atom. The third-order valence-electron chi connectivity index (χ3n) is 5.93. The molecule has 32 heavy (non-hydrogen) atoms. The van der Waals surface area contributed by atoms with E-state index in [4.69, 9.17) is 24.9 Å². The summed E-state index contributed by atoms with van der Waals surface area (Å²) in [6.45, 7) is 5.62. The monoisotopic (exact) mass is 435 g/mol. The maximum atomic E-state index is 13.1. The number of carbonyl (C=O) groups is 1. The van der Waals surface area contributed by atoms with Gasteiger partial charge in [-0.1, -0.05) is 12.1 Å². The van der Waals surface area contributed by atoms with Crippen molar-refractivity contribution >= 4 is 33.9 Å². The molecule has 1 aliphatic rings. The number of hydrogen-bond acceptors (Lipinski definition) is 6. The summed E-state index contributed by atoms with van der Waals surface area (Å²) in [5.74, 6) is 0.779. The first kappa shape index (κ1) is 20.5. The molecule has 0 spiro atoms. The van der Waals surface area contributed by atoms with Crippen LogP contribution in [0.5, 0.6) is 0 Å². The molecule has 0 saturated carbocycles. The molecule has 0 bridgehead atoms. The molecule has 3 aromatic heterocycles. The molecule has 1 aromatic carbocycles. The van der Waals surface area contributed by atoms with Crippen LogP contribution in [0.3, 0.4) is 0 Å². The molecule has 1 fully saturated rings. The van der Waals surface area contributed by atoms with E-state index in [9.17, 15) is 4.79 Å². The number of nitrogens with zero attached hydrogens (tertiary/aromatic N) is 3. The molecular formula is C23H27N6O3+. The van der Waals surface area contributed by atoms with E-state index in [1.165, 1.54) is 4.90 Å². The number of para-hydroxylation sites is 2. The van der Waals surface area contributed by atoms with Crippen molar-refractivity contribution < 1.29 is 18.8 Å². The van der Waals surface area contributed by atoms with E-state index in [1.54, 1.807) is 12.3 Å². The predicted molar refractivity (Wildman–Crippen MR) is 120 cm³/mol. The number of amides is 1. The van der Waals surface area contributed by atoms with Gasteiger partial charge in [0.25, 0.3) is 5.91 Å². The van der Waals surface area contributed by atoms with Gasteiger partial charge in [-0.2, -0.15) is 0 Å². The highest BCUT2D eigenvalue weighted by molar-refractivity contribution is 6.10. The Morgan fingerprint density at radius 3 is 2.66 bits per heavy atom. The minimum absolute atomic E-state index is 0.277. The molecule has 5 rings (SSSR count). The van der Waals surface area contributed by atoms with E-state index in [0.717, 1.165) is 50.3 Å². The summed E-state index contributed by atoms with van der Waals surface area (Å²) in [5.41, 5.74) is 9.56. The van der Waals surface area contributed by atoms with Crippen LogP contribution in [-0.2, 0) is 17.8 Å². The molecule has 9 heteroatoms. The Hall–Kier alpha value is -3.43. The Morgan fingerprint density at radius 2 is 1.91 bits per heavy atom. The van der Waals surface area contributed by atoms with Crippen molar-refractivity contribution in [2.45, 2.75) is 19.5 Å². The minimum Gasteiger partial charge on any atom is -0.467 e. The number of ether oxygens (including phenoxy) is 1. The van der Waals surface area contributed by atoms with Gasteiger partial charge in [-0.25, -0.2) is 9.97 Å². The summed E-state index contributed by atoms with van der Waals surface area (Å²) in [6.07, 6.45) is 2.50. The van der Waals surface area contributed by atoms with E-state index >= 15 is 0 Å². The van der Waals surface area contributed by atoms with Gasteiger partial charge in [0.05, 0.1) is 43.6 Å². The number of nitrogens with two attached hydrogens (primary N) is 1. The first-order valence-electron chi connectivity index (χ1n) is 11.0. The smallest absolute Gasteiger partial charge is 0.257 e. The maximum absolute atomic E-state index is 13.1. The molecule has 0 unspecified atom stereocenters. The second kappa shape index (κ2) is 8.97. The zero-order chi connectivity index (χ0) is 21.9. The zero-order valence-corrected chi connectivity index (χ0v) is 17.8. The maximum Gasteiger partial charge on any atom is 0.257 e. The van der Waals surface area contributed by atoms with E-state index in [2.05, 4.69) is 5.32 Å². The molecule has 166 valence electrons. The van der Waals surface area contributed by atoms with Gasteiger partial charge in [-0.15, -0.1) is 0 Å². The molecule has 9 nitrogen and oxygen atoms in total. The first-order chi connectivity index (χ1) is 15.7. The summed E-state index contributed by atoms with van der Waals surface area (Å²) in [4.78, 5) is 24.2. The lowest BCUT2D eigenvalue weighted by atomic mass is 10.2. The lowest BCUT2D eigenvalue weighted by Crippen LogP contribution is -3.14. The average molecular weight is 436 g/mol. The van der Waals surface area contributed by atoms with Crippen molar-refractivity contribution in [2.75, 3.05) is 38.6 Å². The van der Waals surface area contributed by atoms with Crippen LogP contribution in [0.1, 0.15) is 22.5 Å². The fraction of sp³-hybridized carbons (Fsp3) is 0.348. The lowest BCUT2D eigenvalue weighted by Gasteiger charge is -2.23. The summed E-state index contributed by atoms with van der Waals surface area (Å²) in [6, 6.07) is 11.2. The lowest BCUT2D eigenvalue weighted by molar-refractivity contribution is -0.908. The van der Waals surface area contributed by atoms with Crippen LogP contribution in [0.15, 0.2) is 47.1 Å². The van der Waals surface area contributed by atoms with Crippen molar-refractivity contribution in [3.8, 4) is 0 Å². The normalized spacial score (nSPS) is 14.9. The molecule has 1 aliphatic heterocycles. The number of aromatic nitrogens is 3. The highest BCUT2D eigenvalue weighted by atomic mass is 16.5. The van der Waals surface area contributed by atoms with Crippen LogP contribution >= 0.6 is 0 Å². The van der Waals surface area contributed by atoms with Gasteiger partial charge >= 0.3 is 0 Å². The molecular weight excluding hydrogens is 408 g/mol. The van der Waals surface area contributed by atoms with Crippen LogP contribution in [-0.4, -0.2) is 53.3 Å². The summed E-state index contributed by atoms with van der Waals surface area (Å²) < 4.78 is 12.7. The molecule has 0 radical (unpaired) electrons. The predicted octanol–water partition coefficient (Wildman–Crippen LogP) is 0.995. The Labute approximate surface area is 185 Å². The minimum atomic E-state index is -0.286. The largest absolute Gasteiger partial charge is 0.467 e. The standard InChI is InChI=1S/C23H26N6O3/c24-21-19(23(30)25-15-16-5-3-12-32-16)20-22(27-18-7-2-1-6-17(18)26-20)29(21)9-4-8-28-10-13-31-14-11-28/h1-3,5-7,12H,4,8-11,13-15,24H2,(H,25,30)/p+1. The Bertz CT molecular complexity index is 1230. The topological polar surface area (TPSA) is 113 Å². The zero-order valence-electron chi connectivity index (χ0n) is 17.8. The van der Waals surface area contributed by atoms with Crippen molar-refractivity contribution in [1.29, 1.82) is 0 Å². The van der Waals surface area contributed by atoms with Gasteiger partial charge in [-0.05, 0) is 24.3 Å². The first-order valence-corrected chi connectivity index (χ1v) is 11.0. The van der Waals surface area contributed by atoms with Gasteiger partial charge in [0.15, 0.2) is 5.65 Å². The van der Waals surface area contributed by atoms with Crippen molar-refractivity contribution in [3.05, 3.63) is 54.0 Å². The summed E-state index contributed by atoms with van der Waals surface area (Å²) in [7, 11) is 0. The van der Waals surface area contributed by atoms with Crippen LogP contribution in [0, 0.1) is 0 Å². The fourth-order valence-electron chi connectivity index (χ4n) is 4.23. The van der Waals surface area contributed by atoms with Crippen molar-refractivity contribution in [2.24, 2.45) is 0 Å². The molecule has 4 N–H and O–H groups in total. The molecule has 4 aromatic rings. The second-order valence-electron chi connectivity index (χ2n) is 8.02. The molecule has 0 atom stereocenters. The number of quaternary nitrogens is 1. The number of morpholine rings is 1. The molecule has 1 saturated heterocycles. The van der Waals surface area contributed by atoms with Gasteiger partial charge in [0.2, 0.25) is 0 Å². The highest BCUT2D eigenvalue weighted by Crippen LogP contribution is 2.28. The average Bonchev–Trinajstić information content (AvgIpc) is 3.43. The summed E-state index contributed by atoms with van der Waals surface area (Å²) in [5, 5.41) is 2.89. The number of fused-ring (bicyclic) bond motifs is 2. The number of hydrogen-bond donors (Lipinski definition) is 3. The number of aryl methyl sites for hydroxylation is 1. The van der Waals surface area contributed by atoms with E-state index in [0.29, 0.717) is 34.9 Å². The third-order valence-corrected chi connectivity index (χ3v) is 5.93. The summed E-state index contributed by atoms with van der Waals surface area (Å²) >= 11 is 0. The van der Waals surface area contributed by atoms with E-state index < -0.39 is 0 Å². The van der Waals surface area contributed by atoms with Gasteiger partial charge < -0.3 is 29.7 Å². The van der Waals surface area contributed by atoms with E-state index in [1.807, 2.05) is 34.9 Å². The van der Waals surface area contributed by atoms with Crippen LogP contribution in [0.2, 0.25) is 0 Å².